The van der Waals surface area contributed by atoms with E-state index in [1.54, 1.807) is 0 Å². The van der Waals surface area contributed by atoms with E-state index >= 15 is 0 Å². The smallest absolute Gasteiger partial charge is 0.0166 e. The van der Waals surface area contributed by atoms with Gasteiger partial charge in [-0.3, -0.25) is 4.90 Å². The van der Waals surface area contributed by atoms with Gasteiger partial charge in [0.05, 0.1) is 0 Å². The van der Waals surface area contributed by atoms with Crippen LogP contribution in [0.25, 0.3) is 0 Å². The van der Waals surface area contributed by atoms with E-state index in [-0.39, 0.29) is 0 Å². The molecule has 0 fully saturated rings. The second-order valence-electron chi connectivity index (χ2n) is 5.32. The molecule has 0 radical (unpaired) electrons. The summed E-state index contributed by atoms with van der Waals surface area (Å²) in [6.07, 6.45) is 14.6. The molecule has 0 saturated carbocycles. The average molecular weight is 235 g/mol. The fourth-order valence-electron chi connectivity index (χ4n) is 1.46. The molecule has 0 spiro atoms. The number of rotatable bonds is 5. The average Bonchev–Trinajstić information content (AvgIpc) is 2.28. The predicted molar refractivity (Wildman–Crippen MR) is 80.0 cm³/mol. The highest BCUT2D eigenvalue weighted by Crippen LogP contribution is 2.14. The van der Waals surface area contributed by atoms with Gasteiger partial charge in [-0.05, 0) is 25.8 Å². The molecule has 0 rings (SSSR count). The molecule has 98 valence electrons. The lowest BCUT2D eigenvalue weighted by atomic mass is 9.96. The van der Waals surface area contributed by atoms with Crippen molar-refractivity contribution in [2.75, 3.05) is 19.6 Å². The first-order valence-electron chi connectivity index (χ1n) is 6.24. The van der Waals surface area contributed by atoms with Crippen LogP contribution in [0.5, 0.6) is 0 Å². The molecule has 0 aromatic rings. The molecule has 1 heteroatoms. The second-order valence-corrected chi connectivity index (χ2v) is 5.32. The molecular formula is C16H29N. The van der Waals surface area contributed by atoms with Crippen molar-refractivity contribution in [3.05, 3.63) is 23.8 Å². The zero-order chi connectivity index (χ0) is 13.9. The van der Waals surface area contributed by atoms with E-state index in [9.17, 15) is 0 Å². The number of hydrogen-bond acceptors (Lipinski definition) is 1. The van der Waals surface area contributed by atoms with Crippen LogP contribution in [0.2, 0.25) is 0 Å². The number of likely N-dealkylation sites (N-methyl/N-ethyl adjacent to an activating group) is 1. The highest BCUT2D eigenvalue weighted by molar-refractivity contribution is 5.14. The summed E-state index contributed by atoms with van der Waals surface area (Å²) in [5, 5.41) is 0. The largest absolute Gasteiger partial charge is 0.299 e. The summed E-state index contributed by atoms with van der Waals surface area (Å²) in [6, 6.07) is 0. The molecule has 0 aromatic carbocycles. The van der Waals surface area contributed by atoms with Gasteiger partial charge in [-0.15, -0.1) is 12.8 Å². The maximum absolute atomic E-state index is 4.00. The Morgan fingerprint density at radius 2 is 1.76 bits per heavy atom. The van der Waals surface area contributed by atoms with Crippen molar-refractivity contribution in [3.63, 3.8) is 0 Å². The van der Waals surface area contributed by atoms with Crippen molar-refractivity contribution in [2.24, 2.45) is 5.41 Å². The van der Waals surface area contributed by atoms with Crippen molar-refractivity contribution in [1.29, 1.82) is 0 Å². The molecule has 0 unspecified atom stereocenters. The third-order valence-electron chi connectivity index (χ3n) is 2.34. The Kier molecular flexibility index (Phi) is 11.0. The lowest BCUT2D eigenvalue weighted by molar-refractivity contribution is 0.216. The highest BCUT2D eigenvalue weighted by atomic mass is 15.1. The van der Waals surface area contributed by atoms with E-state index in [2.05, 4.69) is 77.5 Å². The number of hydrogen-bond donors (Lipinski definition) is 0. The summed E-state index contributed by atoms with van der Waals surface area (Å²) in [7, 11) is 0. The maximum atomic E-state index is 4.00. The molecule has 0 aromatic heterocycles. The van der Waals surface area contributed by atoms with Crippen molar-refractivity contribution < 1.29 is 0 Å². The van der Waals surface area contributed by atoms with Crippen LogP contribution in [0.3, 0.4) is 0 Å². The molecule has 0 atom stereocenters. The van der Waals surface area contributed by atoms with Crippen LogP contribution in [0.4, 0.5) is 0 Å². The van der Waals surface area contributed by atoms with E-state index in [4.69, 9.17) is 0 Å². The SMILES string of the molecule is C#C.C/C=C(C)\C=C\CN(CC)CC(C)(C)C. The van der Waals surface area contributed by atoms with E-state index < -0.39 is 0 Å². The van der Waals surface area contributed by atoms with Crippen molar-refractivity contribution in [2.45, 2.75) is 41.5 Å². The molecule has 0 N–H and O–H groups in total. The van der Waals surface area contributed by atoms with Crippen LogP contribution in [-0.4, -0.2) is 24.5 Å². The lowest BCUT2D eigenvalue weighted by Crippen LogP contribution is -2.32. The second kappa shape index (κ2) is 10.2. The zero-order valence-corrected chi connectivity index (χ0v) is 12.5. The Balaban J connectivity index is 0. The molecule has 0 aliphatic rings. The fraction of sp³-hybridized carbons (Fsp3) is 0.625. The van der Waals surface area contributed by atoms with Crippen molar-refractivity contribution >= 4 is 0 Å². The quantitative estimate of drug-likeness (QED) is 0.511. The van der Waals surface area contributed by atoms with Crippen LogP contribution in [-0.2, 0) is 0 Å². The summed E-state index contributed by atoms with van der Waals surface area (Å²) < 4.78 is 0. The van der Waals surface area contributed by atoms with Gasteiger partial charge in [0.25, 0.3) is 0 Å². The maximum Gasteiger partial charge on any atom is 0.0166 e. The summed E-state index contributed by atoms with van der Waals surface area (Å²) in [5.74, 6) is 0. The van der Waals surface area contributed by atoms with Gasteiger partial charge >= 0.3 is 0 Å². The van der Waals surface area contributed by atoms with Crippen LogP contribution < -0.4 is 0 Å². The van der Waals surface area contributed by atoms with Gasteiger partial charge in [-0.1, -0.05) is 51.5 Å². The summed E-state index contributed by atoms with van der Waals surface area (Å²) in [5.41, 5.74) is 1.72. The van der Waals surface area contributed by atoms with E-state index in [1.807, 2.05) is 0 Å². The lowest BCUT2D eigenvalue weighted by Gasteiger charge is -2.27. The summed E-state index contributed by atoms with van der Waals surface area (Å²) in [6.45, 7) is 16.6. The minimum absolute atomic E-state index is 0.388. The third-order valence-corrected chi connectivity index (χ3v) is 2.34. The van der Waals surface area contributed by atoms with Crippen molar-refractivity contribution in [3.8, 4) is 12.8 Å². The first-order chi connectivity index (χ1) is 7.89. The van der Waals surface area contributed by atoms with Crippen molar-refractivity contribution in [1.82, 2.24) is 4.90 Å². The molecule has 0 heterocycles. The molecule has 0 saturated heterocycles. The van der Waals surface area contributed by atoms with Crippen LogP contribution in [0, 0.1) is 18.3 Å². The fourth-order valence-corrected chi connectivity index (χ4v) is 1.46. The Morgan fingerprint density at radius 1 is 1.24 bits per heavy atom. The van der Waals surface area contributed by atoms with E-state index in [1.165, 1.54) is 5.57 Å². The standard InChI is InChI=1S/C14H27N.C2H2/c1-7-13(3)10-9-11-15(8-2)12-14(4,5)6;1-2/h7,9-10H,8,11-12H2,1-6H3;1-2H/b10-9+,13-7-;. The minimum atomic E-state index is 0.388. The Morgan fingerprint density at radius 3 is 2.12 bits per heavy atom. The predicted octanol–water partition coefficient (Wildman–Crippen LogP) is 4.13. The third kappa shape index (κ3) is 12.9. The van der Waals surface area contributed by atoms with Gasteiger partial charge < -0.3 is 0 Å². The van der Waals surface area contributed by atoms with Crippen LogP contribution in [0.1, 0.15) is 41.5 Å². The molecule has 0 aliphatic heterocycles. The summed E-state index contributed by atoms with van der Waals surface area (Å²) in [4.78, 5) is 2.47. The molecule has 0 aliphatic carbocycles. The van der Waals surface area contributed by atoms with Gasteiger partial charge in [0, 0.05) is 13.1 Å². The van der Waals surface area contributed by atoms with Crippen LogP contribution in [0.15, 0.2) is 23.8 Å². The van der Waals surface area contributed by atoms with Gasteiger partial charge in [0.15, 0.2) is 0 Å². The normalized spacial score (nSPS) is 12.6. The summed E-state index contributed by atoms with van der Waals surface area (Å²) >= 11 is 0. The molecule has 0 amide bonds. The Bertz CT molecular complexity index is 250. The minimum Gasteiger partial charge on any atom is -0.299 e. The molecular weight excluding hydrogens is 206 g/mol. The molecule has 17 heavy (non-hydrogen) atoms. The van der Waals surface area contributed by atoms with Gasteiger partial charge in [-0.2, -0.15) is 0 Å². The highest BCUT2D eigenvalue weighted by Gasteiger charge is 2.13. The van der Waals surface area contributed by atoms with E-state index in [0.717, 1.165) is 19.6 Å². The van der Waals surface area contributed by atoms with E-state index in [0.29, 0.717) is 5.41 Å². The Hall–Kier alpha value is -1.00. The first kappa shape index (κ1) is 18.4. The van der Waals surface area contributed by atoms with Gasteiger partial charge in [-0.25, -0.2) is 0 Å². The molecule has 0 bridgehead atoms. The van der Waals surface area contributed by atoms with Crippen LogP contribution >= 0.6 is 0 Å². The van der Waals surface area contributed by atoms with Gasteiger partial charge in [0.1, 0.15) is 0 Å². The monoisotopic (exact) mass is 235 g/mol. The topological polar surface area (TPSA) is 3.24 Å². The number of allylic oxidation sites excluding steroid dienone is 3. The first-order valence-corrected chi connectivity index (χ1v) is 6.24. The number of terminal acetylenes is 1. The number of nitrogens with zero attached hydrogens (tertiary/aromatic N) is 1. The zero-order valence-electron chi connectivity index (χ0n) is 12.5. The Labute approximate surface area is 109 Å². The van der Waals surface area contributed by atoms with Gasteiger partial charge in [0.2, 0.25) is 0 Å². The molecule has 1 nitrogen and oxygen atoms in total.